The van der Waals surface area contributed by atoms with E-state index in [1.54, 1.807) is 13.1 Å². The summed E-state index contributed by atoms with van der Waals surface area (Å²) in [6.07, 6.45) is 1.54. The van der Waals surface area contributed by atoms with Crippen LogP contribution in [0.25, 0.3) is 5.65 Å². The molecule has 0 atom stereocenters. The van der Waals surface area contributed by atoms with Crippen LogP contribution in [0.3, 0.4) is 0 Å². The molecule has 84 valence electrons. The Bertz CT molecular complexity index is 579. The molecule has 2 rings (SSSR count). The van der Waals surface area contributed by atoms with Crippen LogP contribution in [-0.2, 0) is 0 Å². The van der Waals surface area contributed by atoms with Crippen molar-refractivity contribution in [3.8, 4) is 5.88 Å². The SMILES string of the molecule is COc1nc(Br)cn2c(C(=O)O)c(C)nc12. The summed E-state index contributed by atoms with van der Waals surface area (Å²) in [7, 11) is 1.46. The van der Waals surface area contributed by atoms with Crippen molar-refractivity contribution < 1.29 is 14.6 Å². The van der Waals surface area contributed by atoms with Crippen molar-refractivity contribution in [2.75, 3.05) is 7.11 Å². The monoisotopic (exact) mass is 285 g/mol. The molecule has 7 heteroatoms. The Kier molecular flexibility index (Phi) is 2.55. The molecule has 0 saturated carbocycles. The van der Waals surface area contributed by atoms with E-state index >= 15 is 0 Å². The third-order valence-electron chi connectivity index (χ3n) is 2.12. The number of hydrogen-bond acceptors (Lipinski definition) is 4. The van der Waals surface area contributed by atoms with Crippen molar-refractivity contribution >= 4 is 27.5 Å². The van der Waals surface area contributed by atoms with Gasteiger partial charge in [0.15, 0.2) is 5.69 Å². The molecule has 0 fully saturated rings. The van der Waals surface area contributed by atoms with Crippen LogP contribution in [0.5, 0.6) is 5.88 Å². The third kappa shape index (κ3) is 1.53. The van der Waals surface area contributed by atoms with E-state index in [1.165, 1.54) is 11.5 Å². The Labute approximate surface area is 99.0 Å². The van der Waals surface area contributed by atoms with Gasteiger partial charge in [-0.1, -0.05) is 0 Å². The number of ether oxygens (including phenoxy) is 1. The van der Waals surface area contributed by atoms with Crippen molar-refractivity contribution in [3.05, 3.63) is 22.2 Å². The fourth-order valence-corrected chi connectivity index (χ4v) is 1.87. The van der Waals surface area contributed by atoms with Gasteiger partial charge in [0.2, 0.25) is 5.65 Å². The maximum atomic E-state index is 11.1. The molecule has 2 aromatic rings. The number of imidazole rings is 1. The van der Waals surface area contributed by atoms with Crippen LogP contribution < -0.4 is 4.74 Å². The zero-order valence-corrected chi connectivity index (χ0v) is 10.1. The van der Waals surface area contributed by atoms with Crippen LogP contribution in [0.4, 0.5) is 0 Å². The highest BCUT2D eigenvalue weighted by Crippen LogP contribution is 2.22. The minimum Gasteiger partial charge on any atom is -0.478 e. The Morgan fingerprint density at radius 2 is 2.25 bits per heavy atom. The molecular formula is C9H8BrN3O3. The number of aromatic carboxylic acids is 1. The maximum Gasteiger partial charge on any atom is 0.354 e. The van der Waals surface area contributed by atoms with E-state index in [-0.39, 0.29) is 11.6 Å². The summed E-state index contributed by atoms with van der Waals surface area (Å²) in [5.41, 5.74) is 0.919. The molecule has 0 aliphatic heterocycles. The van der Waals surface area contributed by atoms with E-state index in [4.69, 9.17) is 9.84 Å². The van der Waals surface area contributed by atoms with Crippen LogP contribution in [0.1, 0.15) is 16.2 Å². The van der Waals surface area contributed by atoms with Crippen molar-refractivity contribution in [2.45, 2.75) is 6.92 Å². The molecule has 0 saturated heterocycles. The topological polar surface area (TPSA) is 76.7 Å². The number of halogens is 1. The molecule has 0 unspecified atom stereocenters. The summed E-state index contributed by atoms with van der Waals surface area (Å²) in [4.78, 5) is 19.2. The summed E-state index contributed by atoms with van der Waals surface area (Å²) >= 11 is 3.18. The molecule has 1 N–H and O–H groups in total. The Morgan fingerprint density at radius 3 is 2.81 bits per heavy atom. The van der Waals surface area contributed by atoms with Gasteiger partial charge >= 0.3 is 5.97 Å². The van der Waals surface area contributed by atoms with Crippen molar-refractivity contribution in [1.82, 2.24) is 14.4 Å². The molecule has 0 spiro atoms. The lowest BCUT2D eigenvalue weighted by atomic mass is 10.3. The minimum atomic E-state index is -1.04. The third-order valence-corrected chi connectivity index (χ3v) is 2.50. The fraction of sp³-hybridized carbons (Fsp3) is 0.222. The minimum absolute atomic E-state index is 0.108. The number of hydrogen-bond donors (Lipinski definition) is 1. The number of carbonyl (C=O) groups is 1. The number of aromatic nitrogens is 3. The summed E-state index contributed by atoms with van der Waals surface area (Å²) in [6.45, 7) is 1.63. The largest absolute Gasteiger partial charge is 0.478 e. The van der Waals surface area contributed by atoms with E-state index in [1.807, 2.05) is 0 Å². The predicted octanol–water partition coefficient (Wildman–Crippen LogP) is 1.51. The van der Waals surface area contributed by atoms with E-state index in [9.17, 15) is 4.79 Å². The molecule has 2 heterocycles. The number of carboxylic acid groups (broad SMARTS) is 1. The number of fused-ring (bicyclic) bond motifs is 1. The van der Waals surface area contributed by atoms with Crippen LogP contribution in [0.2, 0.25) is 0 Å². The molecule has 0 amide bonds. The normalized spacial score (nSPS) is 10.7. The summed E-state index contributed by atoms with van der Waals surface area (Å²) in [5.74, 6) is -0.755. The van der Waals surface area contributed by atoms with E-state index in [0.29, 0.717) is 15.9 Å². The average Bonchev–Trinajstić information content (AvgIpc) is 2.52. The van der Waals surface area contributed by atoms with E-state index in [2.05, 4.69) is 25.9 Å². The first kappa shape index (κ1) is 10.9. The second kappa shape index (κ2) is 3.75. The standard InChI is InChI=1S/C9H8BrN3O3/c1-4-6(9(14)15)13-3-5(10)12-8(16-2)7(13)11-4/h3H,1-2H3,(H,14,15). The van der Waals surface area contributed by atoms with E-state index < -0.39 is 5.97 Å². The van der Waals surface area contributed by atoms with Gasteiger partial charge < -0.3 is 9.84 Å². The number of methoxy groups -OCH3 is 1. The maximum absolute atomic E-state index is 11.1. The highest BCUT2D eigenvalue weighted by atomic mass is 79.9. The van der Waals surface area contributed by atoms with Crippen molar-refractivity contribution in [3.63, 3.8) is 0 Å². The Hall–Kier alpha value is -1.63. The lowest BCUT2D eigenvalue weighted by Crippen LogP contribution is -2.04. The quantitative estimate of drug-likeness (QED) is 0.905. The Morgan fingerprint density at radius 1 is 1.56 bits per heavy atom. The molecule has 0 aliphatic rings. The first-order valence-corrected chi connectivity index (χ1v) is 5.16. The smallest absolute Gasteiger partial charge is 0.354 e. The molecule has 0 bridgehead atoms. The lowest BCUT2D eigenvalue weighted by molar-refractivity contribution is 0.0688. The van der Waals surface area contributed by atoms with Gasteiger partial charge in [-0.05, 0) is 22.9 Å². The van der Waals surface area contributed by atoms with Gasteiger partial charge in [0.25, 0.3) is 5.88 Å². The van der Waals surface area contributed by atoms with Gasteiger partial charge in [0.05, 0.1) is 12.8 Å². The van der Waals surface area contributed by atoms with Crippen molar-refractivity contribution in [1.29, 1.82) is 0 Å². The number of aryl methyl sites for hydroxylation is 1. The molecule has 0 radical (unpaired) electrons. The van der Waals surface area contributed by atoms with Gasteiger partial charge in [-0.3, -0.25) is 4.40 Å². The average molecular weight is 286 g/mol. The molecule has 16 heavy (non-hydrogen) atoms. The van der Waals surface area contributed by atoms with Crippen molar-refractivity contribution in [2.24, 2.45) is 0 Å². The number of nitrogens with zero attached hydrogens (tertiary/aromatic N) is 3. The second-order valence-corrected chi connectivity index (χ2v) is 3.93. The predicted molar refractivity (Wildman–Crippen MR) is 58.9 cm³/mol. The van der Waals surface area contributed by atoms with Gasteiger partial charge in [-0.2, -0.15) is 0 Å². The highest BCUT2D eigenvalue weighted by molar-refractivity contribution is 9.10. The second-order valence-electron chi connectivity index (χ2n) is 3.12. The fourth-order valence-electron chi connectivity index (χ4n) is 1.50. The number of rotatable bonds is 2. The van der Waals surface area contributed by atoms with Gasteiger partial charge in [0, 0.05) is 6.20 Å². The Balaban J connectivity index is 2.89. The zero-order chi connectivity index (χ0) is 11.9. The van der Waals surface area contributed by atoms with Crippen LogP contribution >= 0.6 is 15.9 Å². The van der Waals surface area contributed by atoms with Gasteiger partial charge in [-0.25, -0.2) is 14.8 Å². The zero-order valence-electron chi connectivity index (χ0n) is 8.56. The first-order chi connectivity index (χ1) is 7.54. The summed E-state index contributed by atoms with van der Waals surface area (Å²) in [6, 6.07) is 0. The summed E-state index contributed by atoms with van der Waals surface area (Å²) < 4.78 is 6.96. The molecular weight excluding hydrogens is 278 g/mol. The highest BCUT2D eigenvalue weighted by Gasteiger charge is 2.19. The van der Waals surface area contributed by atoms with Crippen LogP contribution in [0.15, 0.2) is 10.8 Å². The number of carboxylic acids is 1. The molecule has 0 aromatic carbocycles. The molecule has 2 aromatic heterocycles. The molecule has 6 nitrogen and oxygen atoms in total. The van der Waals surface area contributed by atoms with E-state index in [0.717, 1.165) is 0 Å². The summed E-state index contributed by atoms with van der Waals surface area (Å²) in [5, 5.41) is 9.07. The first-order valence-electron chi connectivity index (χ1n) is 4.37. The van der Waals surface area contributed by atoms with Crippen LogP contribution in [-0.4, -0.2) is 32.6 Å². The van der Waals surface area contributed by atoms with Crippen LogP contribution in [0, 0.1) is 6.92 Å². The lowest BCUT2D eigenvalue weighted by Gasteiger charge is -2.02. The van der Waals surface area contributed by atoms with Gasteiger partial charge in [-0.15, -0.1) is 0 Å². The molecule has 0 aliphatic carbocycles. The van der Waals surface area contributed by atoms with Gasteiger partial charge in [0.1, 0.15) is 4.60 Å².